The van der Waals surface area contributed by atoms with Crippen molar-refractivity contribution in [1.29, 1.82) is 0 Å². The first-order valence-corrected chi connectivity index (χ1v) is 8.92. The molecule has 0 amide bonds. The Morgan fingerprint density at radius 1 is 1.08 bits per heavy atom. The van der Waals surface area contributed by atoms with Crippen LogP contribution in [0, 0.1) is 10.8 Å². The van der Waals surface area contributed by atoms with Crippen molar-refractivity contribution in [1.82, 2.24) is 0 Å². The van der Waals surface area contributed by atoms with E-state index in [1.165, 1.54) is 5.57 Å². The molecule has 0 radical (unpaired) electrons. The number of benzene rings is 2. The van der Waals surface area contributed by atoms with E-state index in [1.54, 1.807) is 24.3 Å². The molecule has 1 heterocycles. The maximum Gasteiger partial charge on any atom is 0.196 e. The number of phenols is 1. The fourth-order valence-corrected chi connectivity index (χ4v) is 3.90. The van der Waals surface area contributed by atoms with Gasteiger partial charge in [0, 0.05) is 16.5 Å². The van der Waals surface area contributed by atoms with Crippen molar-refractivity contribution in [2.24, 2.45) is 10.8 Å². The predicted molar refractivity (Wildman–Crippen MR) is 104 cm³/mol. The summed E-state index contributed by atoms with van der Waals surface area (Å²) in [6.07, 6.45) is 0. The number of ketones is 1. The van der Waals surface area contributed by atoms with Gasteiger partial charge in [-0.15, -0.1) is 0 Å². The lowest BCUT2D eigenvalue weighted by atomic mass is 9.71. The summed E-state index contributed by atoms with van der Waals surface area (Å²) in [6.45, 7) is 11.5. The third-order valence-electron chi connectivity index (χ3n) is 4.77. The van der Waals surface area contributed by atoms with Crippen LogP contribution in [0.1, 0.15) is 56.1 Å². The standard InChI is InChI=1S/C23H26O3/c1-22(2,3)21-20(26-14-23(21,4)5)16-11-12-17(18(24)13-16)19(25)15-9-7-6-8-10-15/h6-13,24H,14H2,1-5H3. The molecule has 0 saturated carbocycles. The zero-order valence-corrected chi connectivity index (χ0v) is 16.1. The van der Waals surface area contributed by atoms with Crippen LogP contribution < -0.4 is 0 Å². The van der Waals surface area contributed by atoms with Crippen molar-refractivity contribution in [3.05, 3.63) is 70.8 Å². The summed E-state index contributed by atoms with van der Waals surface area (Å²) >= 11 is 0. The SMILES string of the molecule is CC(C)(C)C1=C(c2ccc(C(=O)c3ccccc3)c(O)c2)OCC1(C)C. The van der Waals surface area contributed by atoms with Gasteiger partial charge in [0.15, 0.2) is 5.78 Å². The highest BCUT2D eigenvalue weighted by Gasteiger charge is 2.41. The van der Waals surface area contributed by atoms with Crippen LogP contribution >= 0.6 is 0 Å². The van der Waals surface area contributed by atoms with E-state index in [0.717, 1.165) is 11.3 Å². The van der Waals surface area contributed by atoms with E-state index in [9.17, 15) is 9.90 Å². The molecular formula is C23H26O3. The van der Waals surface area contributed by atoms with Gasteiger partial charge in [-0.2, -0.15) is 0 Å². The molecule has 0 aliphatic carbocycles. The third-order valence-corrected chi connectivity index (χ3v) is 4.77. The summed E-state index contributed by atoms with van der Waals surface area (Å²) < 4.78 is 6.02. The molecule has 26 heavy (non-hydrogen) atoms. The quantitative estimate of drug-likeness (QED) is 0.750. The number of carbonyl (C=O) groups excluding carboxylic acids is 1. The topological polar surface area (TPSA) is 46.5 Å². The Balaban J connectivity index is 2.04. The van der Waals surface area contributed by atoms with Crippen LogP contribution in [0.3, 0.4) is 0 Å². The van der Waals surface area contributed by atoms with Crippen LogP contribution in [0.2, 0.25) is 0 Å². The lowest BCUT2D eigenvalue weighted by Gasteiger charge is -2.30. The Hall–Kier alpha value is -2.55. The second-order valence-corrected chi connectivity index (χ2v) is 8.55. The molecule has 0 fully saturated rings. The van der Waals surface area contributed by atoms with Gasteiger partial charge < -0.3 is 9.84 Å². The first-order chi connectivity index (χ1) is 12.1. The van der Waals surface area contributed by atoms with Gasteiger partial charge in [0.25, 0.3) is 0 Å². The van der Waals surface area contributed by atoms with Crippen LogP contribution in [-0.4, -0.2) is 17.5 Å². The summed E-state index contributed by atoms with van der Waals surface area (Å²) in [6, 6.07) is 14.2. The molecule has 0 unspecified atom stereocenters. The average Bonchev–Trinajstić information content (AvgIpc) is 2.90. The van der Waals surface area contributed by atoms with Crippen LogP contribution in [0.25, 0.3) is 5.76 Å². The van der Waals surface area contributed by atoms with Gasteiger partial charge in [-0.1, -0.05) is 71.0 Å². The molecule has 0 atom stereocenters. The van der Waals surface area contributed by atoms with E-state index < -0.39 is 0 Å². The molecule has 1 aliphatic rings. The number of hydrogen-bond acceptors (Lipinski definition) is 3. The van der Waals surface area contributed by atoms with Crippen LogP contribution in [0.4, 0.5) is 0 Å². The maximum atomic E-state index is 12.6. The number of aromatic hydroxyl groups is 1. The van der Waals surface area contributed by atoms with Gasteiger partial charge in [-0.3, -0.25) is 4.79 Å². The summed E-state index contributed by atoms with van der Waals surface area (Å²) in [4.78, 5) is 12.6. The number of carbonyl (C=O) groups is 1. The predicted octanol–water partition coefficient (Wildman–Crippen LogP) is 5.44. The monoisotopic (exact) mass is 350 g/mol. The van der Waals surface area contributed by atoms with Crippen molar-refractivity contribution in [3.8, 4) is 5.75 Å². The Bertz CT molecular complexity index is 868. The maximum absolute atomic E-state index is 12.6. The van der Waals surface area contributed by atoms with Gasteiger partial charge in [-0.05, 0) is 23.1 Å². The Morgan fingerprint density at radius 3 is 2.31 bits per heavy atom. The zero-order chi connectivity index (χ0) is 19.1. The molecule has 0 spiro atoms. The lowest BCUT2D eigenvalue weighted by molar-refractivity contribution is 0.103. The molecule has 3 heteroatoms. The van der Waals surface area contributed by atoms with Gasteiger partial charge in [0.1, 0.15) is 11.5 Å². The Morgan fingerprint density at radius 2 is 1.73 bits per heavy atom. The highest BCUT2D eigenvalue weighted by molar-refractivity contribution is 6.10. The molecule has 3 rings (SSSR count). The Labute approximate surface area is 155 Å². The van der Waals surface area contributed by atoms with Crippen LogP contribution in [-0.2, 0) is 4.74 Å². The van der Waals surface area contributed by atoms with Crippen molar-refractivity contribution in [2.75, 3.05) is 6.61 Å². The summed E-state index contributed by atoms with van der Waals surface area (Å²) in [5.41, 5.74) is 2.78. The lowest BCUT2D eigenvalue weighted by Crippen LogP contribution is -2.24. The molecule has 1 aliphatic heterocycles. The second kappa shape index (κ2) is 6.31. The molecule has 0 bridgehead atoms. The van der Waals surface area contributed by atoms with Crippen molar-refractivity contribution in [3.63, 3.8) is 0 Å². The van der Waals surface area contributed by atoms with E-state index in [0.29, 0.717) is 17.7 Å². The van der Waals surface area contributed by atoms with Crippen LogP contribution in [0.5, 0.6) is 5.75 Å². The van der Waals surface area contributed by atoms with Gasteiger partial charge in [0.2, 0.25) is 0 Å². The molecule has 2 aromatic rings. The largest absolute Gasteiger partial charge is 0.507 e. The van der Waals surface area contributed by atoms with E-state index in [1.807, 2.05) is 24.3 Å². The van der Waals surface area contributed by atoms with Crippen LogP contribution in [0.15, 0.2) is 54.1 Å². The van der Waals surface area contributed by atoms with Crippen molar-refractivity contribution in [2.45, 2.75) is 34.6 Å². The van der Waals surface area contributed by atoms with E-state index in [-0.39, 0.29) is 22.4 Å². The first-order valence-electron chi connectivity index (χ1n) is 8.92. The summed E-state index contributed by atoms with van der Waals surface area (Å²) in [5.74, 6) is 0.606. The Kier molecular flexibility index (Phi) is 4.43. The summed E-state index contributed by atoms with van der Waals surface area (Å²) in [5, 5.41) is 10.5. The molecule has 0 aromatic heterocycles. The highest BCUT2D eigenvalue weighted by Crippen LogP contribution is 2.49. The minimum absolute atomic E-state index is 0.0228. The molecular weight excluding hydrogens is 324 g/mol. The zero-order valence-electron chi connectivity index (χ0n) is 16.1. The fourth-order valence-electron chi connectivity index (χ4n) is 3.90. The van der Waals surface area contributed by atoms with E-state index in [4.69, 9.17) is 4.74 Å². The second-order valence-electron chi connectivity index (χ2n) is 8.55. The number of ether oxygens (including phenoxy) is 1. The molecule has 0 saturated heterocycles. The summed E-state index contributed by atoms with van der Waals surface area (Å²) in [7, 11) is 0. The first kappa shape index (κ1) is 18.2. The van der Waals surface area contributed by atoms with E-state index in [2.05, 4.69) is 34.6 Å². The normalized spacial score (nSPS) is 16.5. The number of rotatable bonds is 3. The minimum atomic E-state index is -0.188. The number of phenolic OH excluding ortho intramolecular Hbond substituents is 1. The number of hydrogen-bond donors (Lipinski definition) is 1. The van der Waals surface area contributed by atoms with Crippen molar-refractivity contribution >= 4 is 11.5 Å². The molecule has 1 N–H and O–H groups in total. The third kappa shape index (κ3) is 3.26. The fraction of sp³-hybridized carbons (Fsp3) is 0.348. The van der Waals surface area contributed by atoms with Gasteiger partial charge >= 0.3 is 0 Å². The average molecular weight is 350 g/mol. The molecule has 2 aromatic carbocycles. The van der Waals surface area contributed by atoms with Gasteiger partial charge in [0.05, 0.1) is 12.2 Å². The highest BCUT2D eigenvalue weighted by atomic mass is 16.5. The molecule has 3 nitrogen and oxygen atoms in total. The smallest absolute Gasteiger partial charge is 0.196 e. The van der Waals surface area contributed by atoms with Crippen molar-refractivity contribution < 1.29 is 14.6 Å². The van der Waals surface area contributed by atoms with Gasteiger partial charge in [-0.25, -0.2) is 0 Å². The molecule has 136 valence electrons. The minimum Gasteiger partial charge on any atom is -0.507 e. The van der Waals surface area contributed by atoms with E-state index >= 15 is 0 Å².